The van der Waals surface area contributed by atoms with Crippen LogP contribution in [0.3, 0.4) is 0 Å². The van der Waals surface area contributed by atoms with E-state index in [4.69, 9.17) is 4.74 Å². The highest BCUT2D eigenvalue weighted by Gasteiger charge is 2.60. The Hall–Kier alpha value is -2.40. The summed E-state index contributed by atoms with van der Waals surface area (Å²) in [5.41, 5.74) is 6.92. The van der Waals surface area contributed by atoms with Crippen LogP contribution in [0.5, 0.6) is 0 Å². The van der Waals surface area contributed by atoms with Crippen molar-refractivity contribution in [3.8, 4) is 0 Å². The van der Waals surface area contributed by atoms with Crippen molar-refractivity contribution < 1.29 is 14.3 Å². The van der Waals surface area contributed by atoms with Crippen LogP contribution in [0.4, 0.5) is 5.69 Å². The summed E-state index contributed by atoms with van der Waals surface area (Å²) in [7, 11) is 1.50. The Balaban J connectivity index is 1.76. The maximum absolute atomic E-state index is 13.0. The molecular weight excluding hydrogens is 364 g/mol. The van der Waals surface area contributed by atoms with Crippen LogP contribution in [0.15, 0.2) is 41.0 Å². The Bertz CT molecular complexity index is 976. The average molecular weight is 392 g/mol. The largest absolute Gasteiger partial charge is 0.466 e. The molecule has 1 spiro atoms. The number of fused-ring (bicyclic) bond motifs is 2. The molecule has 0 aromatic heterocycles. The summed E-state index contributed by atoms with van der Waals surface area (Å²) in [6.07, 6.45) is 6.03. The molecule has 5 rings (SSSR count). The minimum atomic E-state index is -0.163. The molecule has 3 atom stereocenters. The van der Waals surface area contributed by atoms with E-state index in [0.717, 1.165) is 50.0 Å². The predicted molar refractivity (Wildman–Crippen MR) is 112 cm³/mol. The number of methoxy groups -OCH3 is 1. The highest BCUT2D eigenvalue weighted by molar-refractivity contribution is 5.92. The van der Waals surface area contributed by atoms with E-state index in [1.54, 1.807) is 6.92 Å². The van der Waals surface area contributed by atoms with Crippen LogP contribution in [0.1, 0.15) is 44.2 Å². The second-order valence-corrected chi connectivity index (χ2v) is 8.80. The van der Waals surface area contributed by atoms with Crippen LogP contribution >= 0.6 is 0 Å². The lowest BCUT2D eigenvalue weighted by atomic mass is 9.54. The van der Waals surface area contributed by atoms with Gasteiger partial charge in [0.2, 0.25) is 5.91 Å². The number of rotatable bonds is 2. The quantitative estimate of drug-likeness (QED) is 0.619. The van der Waals surface area contributed by atoms with Gasteiger partial charge in [-0.2, -0.15) is 0 Å². The monoisotopic (exact) mass is 392 g/mol. The maximum atomic E-state index is 13.0. The van der Waals surface area contributed by atoms with E-state index in [9.17, 15) is 9.59 Å². The SMILES string of the molecule is C/C=C1/CN2CC[C@]34C(=C(C(=O)OC)C1C[C@H]23)CCc1ccc(NC(C)=O)cc14. The number of allylic oxidation sites excluding steroid dienone is 1. The van der Waals surface area contributed by atoms with Crippen LogP contribution in [-0.4, -0.2) is 43.0 Å². The fraction of sp³-hybridized carbons (Fsp3) is 0.500. The van der Waals surface area contributed by atoms with Crippen molar-refractivity contribution in [3.63, 3.8) is 0 Å². The number of nitrogens with one attached hydrogen (secondary N) is 1. The van der Waals surface area contributed by atoms with Gasteiger partial charge in [0, 0.05) is 48.6 Å². The Morgan fingerprint density at radius 1 is 1.31 bits per heavy atom. The van der Waals surface area contributed by atoms with Gasteiger partial charge in [-0.05, 0) is 61.4 Å². The van der Waals surface area contributed by atoms with E-state index < -0.39 is 0 Å². The molecule has 5 heteroatoms. The molecule has 1 aromatic rings. The summed E-state index contributed by atoms with van der Waals surface area (Å²) in [6.45, 7) is 5.60. The van der Waals surface area contributed by atoms with Crippen LogP contribution in [0.25, 0.3) is 0 Å². The van der Waals surface area contributed by atoms with Crippen LogP contribution in [0, 0.1) is 5.92 Å². The summed E-state index contributed by atoms with van der Waals surface area (Å²) in [5.74, 6) is -0.0459. The number of nitrogens with zero attached hydrogens (tertiary/aromatic N) is 1. The van der Waals surface area contributed by atoms with E-state index in [1.807, 2.05) is 6.07 Å². The molecule has 1 N–H and O–H groups in total. The van der Waals surface area contributed by atoms with Crippen molar-refractivity contribution in [1.29, 1.82) is 0 Å². The molecule has 2 aliphatic carbocycles. The molecule has 2 aliphatic heterocycles. The number of carbonyl (C=O) groups is 2. The number of carbonyl (C=O) groups excluding carboxylic acids is 2. The minimum Gasteiger partial charge on any atom is -0.466 e. The number of aryl methyl sites for hydroxylation is 1. The number of ether oxygens (including phenoxy) is 1. The van der Waals surface area contributed by atoms with Crippen LogP contribution in [0.2, 0.25) is 0 Å². The molecule has 0 saturated carbocycles. The second-order valence-electron chi connectivity index (χ2n) is 8.80. The highest BCUT2D eigenvalue weighted by Crippen LogP contribution is 2.60. The summed E-state index contributed by atoms with van der Waals surface area (Å²) in [5, 5.41) is 2.95. The van der Waals surface area contributed by atoms with E-state index in [0.29, 0.717) is 6.04 Å². The van der Waals surface area contributed by atoms with E-state index in [1.165, 1.54) is 29.4 Å². The van der Waals surface area contributed by atoms with E-state index in [-0.39, 0.29) is 23.2 Å². The van der Waals surface area contributed by atoms with Gasteiger partial charge >= 0.3 is 5.97 Å². The number of hydrogen-bond donors (Lipinski definition) is 1. The third kappa shape index (κ3) is 2.49. The Morgan fingerprint density at radius 3 is 2.86 bits per heavy atom. The van der Waals surface area contributed by atoms with Gasteiger partial charge in [0.05, 0.1) is 7.11 Å². The molecule has 2 bridgehead atoms. The van der Waals surface area contributed by atoms with Crippen molar-refractivity contribution in [2.75, 3.05) is 25.5 Å². The highest BCUT2D eigenvalue weighted by atomic mass is 16.5. The molecule has 29 heavy (non-hydrogen) atoms. The predicted octanol–water partition coefficient (Wildman–Crippen LogP) is 3.35. The average Bonchev–Trinajstić information content (AvgIpc) is 3.11. The third-order valence-corrected chi connectivity index (χ3v) is 7.64. The number of benzene rings is 1. The summed E-state index contributed by atoms with van der Waals surface area (Å²) in [4.78, 5) is 27.3. The van der Waals surface area contributed by atoms with Gasteiger partial charge in [-0.15, -0.1) is 0 Å². The molecule has 1 aromatic carbocycles. The zero-order chi connectivity index (χ0) is 20.3. The summed E-state index contributed by atoms with van der Waals surface area (Å²) >= 11 is 0. The van der Waals surface area contributed by atoms with Crippen LogP contribution < -0.4 is 5.32 Å². The molecule has 1 unspecified atom stereocenters. The number of anilines is 1. The topological polar surface area (TPSA) is 58.6 Å². The Morgan fingerprint density at radius 2 is 2.14 bits per heavy atom. The maximum Gasteiger partial charge on any atom is 0.334 e. The Kier molecular flexibility index (Phi) is 4.21. The molecule has 5 nitrogen and oxygen atoms in total. The molecule has 2 heterocycles. The van der Waals surface area contributed by atoms with Crippen molar-refractivity contribution in [1.82, 2.24) is 4.90 Å². The van der Waals surface area contributed by atoms with Gasteiger partial charge < -0.3 is 10.1 Å². The molecule has 2 saturated heterocycles. The van der Waals surface area contributed by atoms with Crippen molar-refractivity contribution in [2.45, 2.75) is 51.0 Å². The molecule has 1 amide bonds. The lowest BCUT2D eigenvalue weighted by Gasteiger charge is -2.53. The van der Waals surface area contributed by atoms with Gasteiger partial charge in [0.1, 0.15) is 0 Å². The number of hydrogen-bond acceptors (Lipinski definition) is 4. The lowest BCUT2D eigenvalue weighted by Crippen LogP contribution is -2.55. The first kappa shape index (κ1) is 18.6. The summed E-state index contributed by atoms with van der Waals surface area (Å²) < 4.78 is 5.30. The van der Waals surface area contributed by atoms with Gasteiger partial charge in [-0.3, -0.25) is 9.69 Å². The van der Waals surface area contributed by atoms with E-state index in [2.05, 4.69) is 35.3 Å². The number of esters is 1. The number of piperidine rings is 1. The normalized spacial score (nSPS) is 31.3. The summed E-state index contributed by atoms with van der Waals surface area (Å²) in [6, 6.07) is 6.74. The molecule has 2 fully saturated rings. The third-order valence-electron chi connectivity index (χ3n) is 7.64. The first-order valence-corrected chi connectivity index (χ1v) is 10.6. The standard InChI is InChI=1S/C24H28N2O3/c1-4-15-13-26-10-9-24-19(22(23(28)29-3)18(15)12-21(24)26)8-6-16-5-7-17(11-20(16)24)25-14(2)27/h4-5,7,11,18,21H,6,8-10,12-13H2,1-3H3,(H,25,27)/b15-4-/t18?,21-,24+/m0/s1. The minimum absolute atomic E-state index is 0.0589. The first-order valence-electron chi connectivity index (χ1n) is 10.6. The molecule has 0 radical (unpaired) electrons. The lowest BCUT2D eigenvalue weighted by molar-refractivity contribution is -0.137. The van der Waals surface area contributed by atoms with Gasteiger partial charge in [-0.25, -0.2) is 4.79 Å². The smallest absolute Gasteiger partial charge is 0.334 e. The van der Waals surface area contributed by atoms with Crippen molar-refractivity contribution >= 4 is 17.6 Å². The number of amides is 1. The zero-order valence-corrected chi connectivity index (χ0v) is 17.4. The fourth-order valence-electron chi connectivity index (χ4n) is 6.57. The van der Waals surface area contributed by atoms with Crippen molar-refractivity contribution in [2.24, 2.45) is 5.92 Å². The molecule has 152 valence electrons. The molecular formula is C24H28N2O3. The van der Waals surface area contributed by atoms with Gasteiger partial charge in [-0.1, -0.05) is 17.7 Å². The van der Waals surface area contributed by atoms with Crippen LogP contribution in [-0.2, 0) is 26.2 Å². The van der Waals surface area contributed by atoms with Gasteiger partial charge in [0.15, 0.2) is 0 Å². The fourth-order valence-corrected chi connectivity index (χ4v) is 6.57. The molecule has 4 aliphatic rings. The van der Waals surface area contributed by atoms with E-state index >= 15 is 0 Å². The second kappa shape index (κ2) is 6.56. The Labute approximate surface area is 171 Å². The first-order chi connectivity index (χ1) is 14.0. The zero-order valence-electron chi connectivity index (χ0n) is 17.4. The van der Waals surface area contributed by atoms with Crippen molar-refractivity contribution in [3.05, 3.63) is 52.1 Å². The van der Waals surface area contributed by atoms with Gasteiger partial charge in [0.25, 0.3) is 0 Å².